The van der Waals surface area contributed by atoms with Gasteiger partial charge in [0.2, 0.25) is 0 Å². The molecule has 5 nitrogen and oxygen atoms in total. The van der Waals surface area contributed by atoms with Crippen LogP contribution in [0.1, 0.15) is 20.8 Å². The predicted octanol–water partition coefficient (Wildman–Crippen LogP) is 1.58. The van der Waals surface area contributed by atoms with Gasteiger partial charge < -0.3 is 16.4 Å². The Balaban J connectivity index is 2.64. The van der Waals surface area contributed by atoms with Gasteiger partial charge in [-0.1, -0.05) is 0 Å². The summed E-state index contributed by atoms with van der Waals surface area (Å²) in [6.07, 6.45) is 3.07. The number of anilines is 2. The van der Waals surface area contributed by atoms with Gasteiger partial charge in [-0.2, -0.15) is 0 Å². The lowest BCUT2D eigenvalue weighted by atomic mass is 10.1. The summed E-state index contributed by atoms with van der Waals surface area (Å²) in [5.41, 5.74) is 6.36. The minimum Gasteiger partial charge on any atom is -0.396 e. The number of hydrogen-bond acceptors (Lipinski definition) is 3. The van der Waals surface area contributed by atoms with E-state index in [1.807, 2.05) is 20.8 Å². The van der Waals surface area contributed by atoms with Crippen LogP contribution in [-0.4, -0.2) is 16.6 Å². The van der Waals surface area contributed by atoms with Gasteiger partial charge in [0.1, 0.15) is 0 Å². The van der Waals surface area contributed by atoms with Gasteiger partial charge in [0, 0.05) is 11.7 Å². The number of hydrogen-bond donors (Lipinski definition) is 3. The summed E-state index contributed by atoms with van der Waals surface area (Å²) in [5.74, 6) is 0. The van der Waals surface area contributed by atoms with E-state index in [4.69, 9.17) is 5.73 Å². The molecule has 0 aliphatic carbocycles. The van der Waals surface area contributed by atoms with Crippen LogP contribution < -0.4 is 16.4 Å². The third-order valence-corrected chi connectivity index (χ3v) is 1.59. The fourth-order valence-corrected chi connectivity index (χ4v) is 1.01. The molecule has 0 aliphatic rings. The van der Waals surface area contributed by atoms with E-state index in [1.165, 1.54) is 6.20 Å². The van der Waals surface area contributed by atoms with Crippen molar-refractivity contribution in [2.45, 2.75) is 26.3 Å². The fourth-order valence-electron chi connectivity index (χ4n) is 1.01. The van der Waals surface area contributed by atoms with Crippen molar-refractivity contribution in [3.05, 3.63) is 18.5 Å². The Bertz CT molecular complexity index is 357. The molecule has 4 N–H and O–H groups in total. The Labute approximate surface area is 89.1 Å². The van der Waals surface area contributed by atoms with Crippen molar-refractivity contribution in [1.29, 1.82) is 0 Å². The number of urea groups is 1. The van der Waals surface area contributed by atoms with E-state index in [1.54, 1.807) is 12.3 Å². The van der Waals surface area contributed by atoms with Crippen molar-refractivity contribution in [3.63, 3.8) is 0 Å². The standard InChI is InChI=1S/C10H16N4O/c1-10(2,3)14-9(15)13-8-4-5-12-6-7(8)11/h4-6H,11H2,1-3H3,(H2,12,13,14,15). The molecule has 0 saturated carbocycles. The minimum atomic E-state index is -0.277. The first-order valence-electron chi connectivity index (χ1n) is 4.67. The largest absolute Gasteiger partial charge is 0.396 e. The third-order valence-electron chi connectivity index (χ3n) is 1.59. The van der Waals surface area contributed by atoms with Crippen LogP contribution in [0.3, 0.4) is 0 Å². The van der Waals surface area contributed by atoms with Gasteiger partial charge in [0.15, 0.2) is 0 Å². The average Bonchev–Trinajstić information content (AvgIpc) is 2.05. The third kappa shape index (κ3) is 3.84. The van der Waals surface area contributed by atoms with E-state index in [0.29, 0.717) is 11.4 Å². The van der Waals surface area contributed by atoms with E-state index in [9.17, 15) is 4.79 Å². The molecule has 0 fully saturated rings. The summed E-state index contributed by atoms with van der Waals surface area (Å²) in [7, 11) is 0. The smallest absolute Gasteiger partial charge is 0.319 e. The zero-order valence-corrected chi connectivity index (χ0v) is 9.16. The molecule has 0 spiro atoms. The Morgan fingerprint density at radius 1 is 1.47 bits per heavy atom. The van der Waals surface area contributed by atoms with E-state index in [2.05, 4.69) is 15.6 Å². The lowest BCUT2D eigenvalue weighted by Crippen LogP contribution is -2.43. The molecule has 2 amide bonds. The van der Waals surface area contributed by atoms with Crippen molar-refractivity contribution in [2.75, 3.05) is 11.1 Å². The van der Waals surface area contributed by atoms with Gasteiger partial charge in [-0.05, 0) is 26.8 Å². The second kappa shape index (κ2) is 4.16. The van der Waals surface area contributed by atoms with E-state index in [-0.39, 0.29) is 11.6 Å². The second-order valence-electron chi connectivity index (χ2n) is 4.29. The Kier molecular flexibility index (Phi) is 3.14. The highest BCUT2D eigenvalue weighted by Crippen LogP contribution is 2.15. The van der Waals surface area contributed by atoms with Crippen molar-refractivity contribution >= 4 is 17.4 Å². The van der Waals surface area contributed by atoms with Gasteiger partial charge in [-0.3, -0.25) is 4.98 Å². The van der Waals surface area contributed by atoms with Crippen molar-refractivity contribution < 1.29 is 4.79 Å². The van der Waals surface area contributed by atoms with Crippen molar-refractivity contribution in [3.8, 4) is 0 Å². The molecule has 5 heteroatoms. The highest BCUT2D eigenvalue weighted by Gasteiger charge is 2.13. The van der Waals surface area contributed by atoms with Crippen LogP contribution in [0.5, 0.6) is 0 Å². The number of carbonyl (C=O) groups excluding carboxylic acids is 1. The maximum absolute atomic E-state index is 11.5. The fraction of sp³-hybridized carbons (Fsp3) is 0.400. The van der Waals surface area contributed by atoms with E-state index in [0.717, 1.165) is 0 Å². The Morgan fingerprint density at radius 3 is 2.67 bits per heavy atom. The zero-order valence-electron chi connectivity index (χ0n) is 9.16. The molecular weight excluding hydrogens is 192 g/mol. The number of carbonyl (C=O) groups is 1. The molecule has 1 rings (SSSR count). The number of nitrogens with one attached hydrogen (secondary N) is 2. The first-order chi connectivity index (χ1) is 6.88. The molecule has 0 radical (unpaired) electrons. The number of rotatable bonds is 1. The van der Waals surface area contributed by atoms with Gasteiger partial charge in [-0.15, -0.1) is 0 Å². The predicted molar refractivity (Wildman–Crippen MR) is 60.6 cm³/mol. The highest BCUT2D eigenvalue weighted by molar-refractivity contribution is 5.92. The summed E-state index contributed by atoms with van der Waals surface area (Å²) in [5, 5.41) is 5.42. The Morgan fingerprint density at radius 2 is 2.13 bits per heavy atom. The molecule has 1 heterocycles. The summed E-state index contributed by atoms with van der Waals surface area (Å²) in [4.78, 5) is 15.3. The highest BCUT2D eigenvalue weighted by atomic mass is 16.2. The molecule has 82 valence electrons. The molecular formula is C10H16N4O. The molecule has 0 aromatic carbocycles. The molecule has 0 aliphatic heterocycles. The van der Waals surface area contributed by atoms with Crippen LogP contribution >= 0.6 is 0 Å². The van der Waals surface area contributed by atoms with Crippen LogP contribution in [0.2, 0.25) is 0 Å². The summed E-state index contributed by atoms with van der Waals surface area (Å²) in [6, 6.07) is 1.37. The molecule has 15 heavy (non-hydrogen) atoms. The monoisotopic (exact) mass is 208 g/mol. The summed E-state index contributed by atoms with van der Waals surface area (Å²) < 4.78 is 0. The van der Waals surface area contributed by atoms with Gasteiger partial charge in [0.25, 0.3) is 0 Å². The Hall–Kier alpha value is -1.78. The number of nitrogen functional groups attached to an aromatic ring is 1. The maximum Gasteiger partial charge on any atom is 0.319 e. The van der Waals surface area contributed by atoms with Gasteiger partial charge >= 0.3 is 6.03 Å². The van der Waals surface area contributed by atoms with E-state index >= 15 is 0 Å². The first-order valence-corrected chi connectivity index (χ1v) is 4.67. The zero-order chi connectivity index (χ0) is 11.5. The van der Waals surface area contributed by atoms with Crippen LogP contribution in [0, 0.1) is 0 Å². The lowest BCUT2D eigenvalue weighted by molar-refractivity contribution is 0.244. The topological polar surface area (TPSA) is 80.0 Å². The van der Waals surface area contributed by atoms with Crippen LogP contribution in [0.4, 0.5) is 16.2 Å². The van der Waals surface area contributed by atoms with Crippen LogP contribution in [0.25, 0.3) is 0 Å². The second-order valence-corrected chi connectivity index (χ2v) is 4.29. The molecule has 0 bridgehead atoms. The van der Waals surface area contributed by atoms with Crippen LogP contribution in [-0.2, 0) is 0 Å². The number of amides is 2. The summed E-state index contributed by atoms with van der Waals surface area (Å²) >= 11 is 0. The minimum absolute atomic E-state index is 0.272. The quantitative estimate of drug-likeness (QED) is 0.655. The molecule has 1 aromatic rings. The number of pyridine rings is 1. The van der Waals surface area contributed by atoms with Gasteiger partial charge in [0.05, 0.1) is 17.6 Å². The molecule has 0 unspecified atom stereocenters. The molecule has 0 saturated heterocycles. The van der Waals surface area contributed by atoms with Crippen molar-refractivity contribution in [1.82, 2.24) is 10.3 Å². The number of nitrogens with zero attached hydrogens (tertiary/aromatic N) is 1. The number of nitrogens with two attached hydrogens (primary N) is 1. The summed E-state index contributed by atoms with van der Waals surface area (Å²) in [6.45, 7) is 5.72. The van der Waals surface area contributed by atoms with Crippen molar-refractivity contribution in [2.24, 2.45) is 0 Å². The maximum atomic E-state index is 11.5. The normalized spacial score (nSPS) is 10.9. The van der Waals surface area contributed by atoms with Crippen LogP contribution in [0.15, 0.2) is 18.5 Å². The SMILES string of the molecule is CC(C)(C)NC(=O)Nc1ccncc1N. The first kappa shape index (κ1) is 11.3. The molecule has 0 atom stereocenters. The molecule has 1 aromatic heterocycles. The average molecular weight is 208 g/mol. The number of aromatic nitrogens is 1. The lowest BCUT2D eigenvalue weighted by Gasteiger charge is -2.21. The van der Waals surface area contributed by atoms with Gasteiger partial charge in [-0.25, -0.2) is 4.79 Å². The van der Waals surface area contributed by atoms with E-state index < -0.39 is 0 Å².